The van der Waals surface area contributed by atoms with Crippen molar-refractivity contribution in [2.75, 3.05) is 11.4 Å². The number of hydrogen-bond donors (Lipinski definition) is 1. The lowest BCUT2D eigenvalue weighted by atomic mass is 10.0. The zero-order chi connectivity index (χ0) is 17.4. The number of halogens is 1. The molecule has 0 amide bonds. The van der Waals surface area contributed by atoms with Crippen molar-refractivity contribution in [3.05, 3.63) is 64.3 Å². The molecule has 0 radical (unpaired) electrons. The Morgan fingerprint density at radius 2 is 2.16 bits per heavy atom. The molecule has 25 heavy (non-hydrogen) atoms. The lowest BCUT2D eigenvalue weighted by Gasteiger charge is -2.28. The average Bonchev–Trinajstić information content (AvgIpc) is 3.01. The van der Waals surface area contributed by atoms with Gasteiger partial charge in [0.2, 0.25) is 0 Å². The molecule has 126 valence electrons. The van der Waals surface area contributed by atoms with Crippen molar-refractivity contribution in [2.24, 2.45) is 0 Å². The molecule has 0 unspecified atom stereocenters. The number of aromatic carboxylic acids is 1. The molecule has 0 saturated carbocycles. The zero-order valence-electron chi connectivity index (χ0n) is 13.1. The summed E-state index contributed by atoms with van der Waals surface area (Å²) in [4.78, 5) is 21.9. The van der Waals surface area contributed by atoms with Crippen LogP contribution in [-0.2, 0) is 13.0 Å². The largest absolute Gasteiger partial charge is 0.476 e. The number of benzene rings is 1. The minimum atomic E-state index is -1.02. The molecule has 1 aliphatic heterocycles. The van der Waals surface area contributed by atoms with Gasteiger partial charge in [0.05, 0.1) is 11.4 Å². The summed E-state index contributed by atoms with van der Waals surface area (Å²) in [6.45, 7) is 1.20. The molecule has 1 aliphatic rings. The van der Waals surface area contributed by atoms with Crippen LogP contribution in [0, 0.1) is 0 Å². The third-order valence-corrected chi connectivity index (χ3v) is 4.70. The summed E-state index contributed by atoms with van der Waals surface area (Å²) < 4.78 is 2.66. The van der Waals surface area contributed by atoms with Gasteiger partial charge >= 0.3 is 5.97 Å². The van der Waals surface area contributed by atoms with E-state index in [1.807, 2.05) is 35.2 Å². The van der Waals surface area contributed by atoms with E-state index in [2.05, 4.69) is 31.0 Å². The molecule has 3 aromatic rings. The molecule has 4 rings (SSSR count). The Morgan fingerprint density at radius 1 is 1.28 bits per heavy atom. The molecule has 3 heterocycles. The molecule has 0 saturated heterocycles. The number of rotatable bonds is 3. The number of carboxylic acids is 1. The Bertz CT molecular complexity index is 941. The van der Waals surface area contributed by atoms with Crippen molar-refractivity contribution >= 4 is 27.7 Å². The van der Waals surface area contributed by atoms with E-state index in [4.69, 9.17) is 0 Å². The van der Waals surface area contributed by atoms with Gasteiger partial charge in [-0.05, 0) is 24.3 Å². The molecule has 0 spiro atoms. The minimum Gasteiger partial charge on any atom is -0.476 e. The molecule has 1 aromatic carbocycles. The van der Waals surface area contributed by atoms with Crippen molar-refractivity contribution < 1.29 is 9.90 Å². The molecule has 0 atom stereocenters. The first-order chi connectivity index (χ1) is 12.1. The highest BCUT2D eigenvalue weighted by Gasteiger charge is 2.29. The fourth-order valence-electron chi connectivity index (χ4n) is 3.08. The Hall–Kier alpha value is -2.74. The molecular weight excluding hydrogens is 386 g/mol. The highest BCUT2D eigenvalue weighted by atomic mass is 79.9. The normalized spacial score (nSPS) is 13.6. The second kappa shape index (κ2) is 6.29. The Labute approximate surface area is 152 Å². The van der Waals surface area contributed by atoms with Crippen LogP contribution in [0.5, 0.6) is 0 Å². The van der Waals surface area contributed by atoms with Gasteiger partial charge in [0.15, 0.2) is 5.69 Å². The number of anilines is 1. The van der Waals surface area contributed by atoms with Gasteiger partial charge in [-0.3, -0.25) is 0 Å². The van der Waals surface area contributed by atoms with Crippen molar-refractivity contribution in [1.29, 1.82) is 0 Å². The van der Waals surface area contributed by atoms with Crippen molar-refractivity contribution in [2.45, 2.75) is 13.0 Å². The second-order valence-corrected chi connectivity index (χ2v) is 6.63. The van der Waals surface area contributed by atoms with Crippen molar-refractivity contribution in [1.82, 2.24) is 19.7 Å². The summed E-state index contributed by atoms with van der Waals surface area (Å²) in [6.07, 6.45) is 3.86. The van der Waals surface area contributed by atoms with E-state index in [0.29, 0.717) is 13.0 Å². The van der Waals surface area contributed by atoms with Gasteiger partial charge in [0, 0.05) is 35.7 Å². The van der Waals surface area contributed by atoms with Crippen molar-refractivity contribution in [3.63, 3.8) is 0 Å². The summed E-state index contributed by atoms with van der Waals surface area (Å²) in [6, 6.07) is 9.50. The highest BCUT2D eigenvalue weighted by molar-refractivity contribution is 9.10. The first-order valence-corrected chi connectivity index (χ1v) is 8.54. The van der Waals surface area contributed by atoms with E-state index in [1.165, 1.54) is 6.33 Å². The summed E-state index contributed by atoms with van der Waals surface area (Å²) >= 11 is 3.45. The molecule has 7 nitrogen and oxygen atoms in total. The van der Waals surface area contributed by atoms with Crippen LogP contribution < -0.4 is 4.90 Å². The summed E-state index contributed by atoms with van der Waals surface area (Å²) in [5.74, 6) is -0.235. The fraction of sp³-hybridized carbons (Fsp3) is 0.176. The van der Waals surface area contributed by atoms with Crippen LogP contribution in [0.1, 0.15) is 21.7 Å². The van der Waals surface area contributed by atoms with Crippen molar-refractivity contribution in [3.8, 4) is 5.69 Å². The lowest BCUT2D eigenvalue weighted by molar-refractivity contribution is 0.0688. The van der Waals surface area contributed by atoms with Gasteiger partial charge < -0.3 is 10.0 Å². The van der Waals surface area contributed by atoms with E-state index in [1.54, 1.807) is 10.9 Å². The second-order valence-electron chi connectivity index (χ2n) is 5.71. The molecular formula is C17H14BrN5O2. The fourth-order valence-corrected chi connectivity index (χ4v) is 3.47. The van der Waals surface area contributed by atoms with E-state index < -0.39 is 5.97 Å². The number of nitrogens with zero attached hydrogens (tertiary/aromatic N) is 5. The molecule has 8 heteroatoms. The Balaban J connectivity index is 1.78. The van der Waals surface area contributed by atoms with Crippen LogP contribution in [0.2, 0.25) is 0 Å². The first kappa shape index (κ1) is 15.8. The zero-order valence-corrected chi connectivity index (χ0v) is 14.7. The van der Waals surface area contributed by atoms with Gasteiger partial charge in [-0.25, -0.2) is 19.4 Å². The highest BCUT2D eigenvalue weighted by Crippen LogP contribution is 2.28. The third-order valence-electron chi connectivity index (χ3n) is 4.20. The molecule has 0 fully saturated rings. The predicted octanol–water partition coefficient (Wildman–Crippen LogP) is 2.69. The van der Waals surface area contributed by atoms with Crippen LogP contribution in [0.25, 0.3) is 5.69 Å². The van der Waals surface area contributed by atoms with E-state index >= 15 is 0 Å². The number of fused-ring (bicyclic) bond motifs is 1. The van der Waals surface area contributed by atoms with Crippen LogP contribution in [0.15, 0.2) is 47.3 Å². The topological polar surface area (TPSA) is 84.1 Å². The molecule has 2 aromatic heterocycles. The average molecular weight is 400 g/mol. The summed E-state index contributed by atoms with van der Waals surface area (Å²) in [5.41, 5.74) is 2.60. The van der Waals surface area contributed by atoms with E-state index in [9.17, 15) is 9.90 Å². The Kier molecular flexibility index (Phi) is 3.96. The summed E-state index contributed by atoms with van der Waals surface area (Å²) in [7, 11) is 0. The maximum Gasteiger partial charge on any atom is 0.356 e. The first-order valence-electron chi connectivity index (χ1n) is 7.74. The number of carbonyl (C=O) groups is 1. The SMILES string of the molecule is O=C(O)c1nn(-c2cccc(Br)c2)c2c1CN(c1ccncn1)CC2. The monoisotopic (exact) mass is 399 g/mol. The van der Waals surface area contributed by atoms with Gasteiger partial charge in [-0.15, -0.1) is 0 Å². The van der Waals surface area contributed by atoms with Crippen LogP contribution in [0.4, 0.5) is 5.82 Å². The van der Waals surface area contributed by atoms with E-state index in [0.717, 1.165) is 33.8 Å². The van der Waals surface area contributed by atoms with Crippen LogP contribution in [-0.4, -0.2) is 37.4 Å². The Morgan fingerprint density at radius 3 is 2.88 bits per heavy atom. The smallest absolute Gasteiger partial charge is 0.356 e. The van der Waals surface area contributed by atoms with Gasteiger partial charge in [0.25, 0.3) is 0 Å². The van der Waals surface area contributed by atoms with E-state index in [-0.39, 0.29) is 5.69 Å². The summed E-state index contributed by atoms with van der Waals surface area (Å²) in [5, 5.41) is 14.0. The third kappa shape index (κ3) is 2.89. The maximum absolute atomic E-state index is 11.7. The molecule has 0 bridgehead atoms. The standard InChI is InChI=1S/C17H14BrN5O2/c18-11-2-1-3-12(8-11)23-14-5-7-22(15-4-6-19-10-20-15)9-13(14)16(21-23)17(24)25/h1-4,6,8,10H,5,7,9H2,(H,24,25). The number of aromatic nitrogens is 4. The quantitative estimate of drug-likeness (QED) is 0.728. The van der Waals surface area contributed by atoms with Gasteiger partial charge in [-0.2, -0.15) is 5.10 Å². The van der Waals surface area contributed by atoms with Crippen LogP contribution in [0.3, 0.4) is 0 Å². The lowest BCUT2D eigenvalue weighted by Crippen LogP contribution is -2.32. The predicted molar refractivity (Wildman–Crippen MR) is 95.0 cm³/mol. The van der Waals surface area contributed by atoms with Gasteiger partial charge in [-0.1, -0.05) is 22.0 Å². The van der Waals surface area contributed by atoms with Gasteiger partial charge in [0.1, 0.15) is 12.1 Å². The number of carboxylic acid groups (broad SMARTS) is 1. The molecule has 0 aliphatic carbocycles. The minimum absolute atomic E-state index is 0.0914. The molecule has 1 N–H and O–H groups in total. The maximum atomic E-state index is 11.7. The van der Waals surface area contributed by atoms with Crippen LogP contribution >= 0.6 is 15.9 Å². The number of hydrogen-bond acceptors (Lipinski definition) is 5.